The van der Waals surface area contributed by atoms with Gasteiger partial charge in [0.2, 0.25) is 0 Å². The van der Waals surface area contributed by atoms with Gasteiger partial charge >= 0.3 is 0 Å². The summed E-state index contributed by atoms with van der Waals surface area (Å²) in [4.78, 5) is 8.69. The fourth-order valence-electron chi connectivity index (χ4n) is 3.32. The molecule has 3 aromatic heterocycles. The molecule has 4 heterocycles. The Labute approximate surface area is 200 Å². The first-order chi connectivity index (χ1) is 15.4. The van der Waals surface area contributed by atoms with Crippen LogP contribution in [0.3, 0.4) is 0 Å². The number of aromatic nitrogens is 5. The minimum absolute atomic E-state index is 0.171. The molecule has 1 aliphatic heterocycles. The average Bonchev–Trinajstić information content (AvgIpc) is 3.43. The highest BCUT2D eigenvalue weighted by molar-refractivity contribution is 7.99. The normalized spacial score (nSPS) is 25.6. The number of methoxy groups -OCH3 is 1. The van der Waals surface area contributed by atoms with Crippen molar-refractivity contribution in [3.8, 4) is 16.8 Å². The Bertz CT molecular complexity index is 1140. The van der Waals surface area contributed by atoms with E-state index in [0.717, 1.165) is 11.8 Å². The summed E-state index contributed by atoms with van der Waals surface area (Å²) < 4.78 is 13.1. The molecule has 0 radical (unpaired) electrons. The molecule has 0 bridgehead atoms. The molecule has 14 heteroatoms. The van der Waals surface area contributed by atoms with Crippen LogP contribution >= 0.6 is 46.3 Å². The van der Waals surface area contributed by atoms with Crippen LogP contribution in [0.15, 0.2) is 28.7 Å². The van der Waals surface area contributed by atoms with Crippen LogP contribution in [-0.4, -0.2) is 72.6 Å². The number of halogens is 2. The summed E-state index contributed by atoms with van der Waals surface area (Å²) in [6.45, 7) is -0.437. The third-order valence-electron chi connectivity index (χ3n) is 4.78. The maximum atomic E-state index is 10.9. The average molecular weight is 515 g/mol. The minimum Gasteiger partial charge on any atom is -0.394 e. The van der Waals surface area contributed by atoms with Crippen LogP contribution in [0.5, 0.6) is 0 Å². The number of ether oxygens (including phenoxy) is 2. The van der Waals surface area contributed by atoms with Gasteiger partial charge in [0.1, 0.15) is 51.7 Å². The van der Waals surface area contributed by atoms with E-state index in [1.807, 2.05) is 6.07 Å². The van der Waals surface area contributed by atoms with Crippen LogP contribution in [0, 0.1) is 11.3 Å². The molecule has 1 aliphatic rings. The molecule has 168 valence electrons. The second kappa shape index (κ2) is 9.98. The van der Waals surface area contributed by atoms with E-state index in [1.54, 1.807) is 17.6 Å². The van der Waals surface area contributed by atoms with Crippen LogP contribution in [0.2, 0.25) is 10.2 Å². The van der Waals surface area contributed by atoms with Crippen LogP contribution in [-0.2, 0) is 9.47 Å². The van der Waals surface area contributed by atoms with Crippen molar-refractivity contribution in [1.82, 2.24) is 25.0 Å². The van der Waals surface area contributed by atoms with E-state index < -0.39 is 36.4 Å². The molecule has 3 aromatic rings. The van der Waals surface area contributed by atoms with Crippen LogP contribution in [0.1, 0.15) is 11.7 Å². The maximum absolute atomic E-state index is 10.9. The molecule has 1 saturated heterocycles. The summed E-state index contributed by atoms with van der Waals surface area (Å²) in [6, 6.07) is 2.86. The zero-order chi connectivity index (χ0) is 22.8. The van der Waals surface area contributed by atoms with Crippen molar-refractivity contribution >= 4 is 46.3 Å². The Morgan fingerprint density at radius 1 is 1.44 bits per heavy atom. The number of aliphatic hydroxyl groups is 2. The van der Waals surface area contributed by atoms with Crippen LogP contribution in [0.25, 0.3) is 10.7 Å². The first kappa shape index (κ1) is 23.3. The van der Waals surface area contributed by atoms with Crippen molar-refractivity contribution in [2.75, 3.05) is 13.7 Å². The number of aliphatic hydroxyl groups excluding tert-OH is 2. The molecule has 2 N–H and O–H groups in total. The Kier molecular flexibility index (Phi) is 7.28. The van der Waals surface area contributed by atoms with E-state index in [-0.39, 0.29) is 5.69 Å². The lowest BCUT2D eigenvalue weighted by atomic mass is 9.97. The minimum atomic E-state index is -1.15. The van der Waals surface area contributed by atoms with Crippen molar-refractivity contribution in [2.45, 2.75) is 34.7 Å². The van der Waals surface area contributed by atoms with E-state index in [9.17, 15) is 15.5 Å². The largest absolute Gasteiger partial charge is 0.394 e. The molecule has 1 fully saturated rings. The summed E-state index contributed by atoms with van der Waals surface area (Å²) in [6.07, 6.45) is 0.202. The highest BCUT2D eigenvalue weighted by Gasteiger charge is 2.47. The second-order valence-electron chi connectivity index (χ2n) is 6.70. The second-order valence-corrected chi connectivity index (χ2v) is 9.52. The van der Waals surface area contributed by atoms with E-state index in [4.69, 9.17) is 32.7 Å². The van der Waals surface area contributed by atoms with Gasteiger partial charge in [0, 0.05) is 23.6 Å². The molecule has 0 saturated carbocycles. The Morgan fingerprint density at radius 3 is 2.91 bits per heavy atom. The van der Waals surface area contributed by atoms with Crippen molar-refractivity contribution in [3.63, 3.8) is 0 Å². The standard InChI is InChI=1S/C18H16Cl2N6O4S2/c1-29-16-14(26-5-10(24-25-26)17-23-13(20)7-31-17)15(28)11(6-27)30-18(16)32-12-2-8(19)4-22-9(12)3-21/h2,4-5,7,11,14-16,18,27-28H,6H2,1H3/t11-,14+,15+,16-,18-/m1/s1. The van der Waals surface area contributed by atoms with E-state index >= 15 is 0 Å². The molecular formula is C18H16Cl2N6O4S2. The fraction of sp³-hybridized carbons (Fsp3) is 0.389. The molecule has 32 heavy (non-hydrogen) atoms. The number of hydrogen-bond donors (Lipinski definition) is 2. The summed E-state index contributed by atoms with van der Waals surface area (Å²) in [5.74, 6) is 0. The van der Waals surface area contributed by atoms with Gasteiger partial charge in [-0.05, 0) is 6.07 Å². The van der Waals surface area contributed by atoms with Gasteiger partial charge in [0.05, 0.1) is 17.8 Å². The van der Waals surface area contributed by atoms with Gasteiger partial charge in [-0.3, -0.25) is 0 Å². The van der Waals surface area contributed by atoms with Crippen LogP contribution in [0.4, 0.5) is 0 Å². The Hall–Kier alpha value is -1.82. The SMILES string of the molecule is CO[C@@H]1[C@@H](n2cc(-c3nc(Cl)cs3)nn2)[C@@H](O)[C@@H](CO)O[C@@H]1Sc1cc(Cl)cnc1C#N. The predicted molar refractivity (Wildman–Crippen MR) is 118 cm³/mol. The van der Waals surface area contributed by atoms with Gasteiger partial charge in [-0.1, -0.05) is 40.2 Å². The van der Waals surface area contributed by atoms with Crippen LogP contribution < -0.4 is 0 Å². The molecule has 0 amide bonds. The van der Waals surface area contributed by atoms with Gasteiger partial charge in [0.25, 0.3) is 0 Å². The quantitative estimate of drug-likeness (QED) is 0.503. The number of thiazole rings is 1. The lowest BCUT2D eigenvalue weighted by Gasteiger charge is -2.43. The lowest BCUT2D eigenvalue weighted by molar-refractivity contribution is -0.186. The summed E-state index contributed by atoms with van der Waals surface area (Å²) >= 11 is 14.4. The molecule has 0 unspecified atom stereocenters. The summed E-state index contributed by atoms with van der Waals surface area (Å²) in [5.41, 5.74) is -0.0735. The molecule has 10 nitrogen and oxygen atoms in total. The molecular weight excluding hydrogens is 499 g/mol. The first-order valence-corrected chi connectivity index (χ1v) is 11.7. The molecule has 0 aromatic carbocycles. The molecule has 0 spiro atoms. The van der Waals surface area contributed by atoms with Crippen molar-refractivity contribution < 1.29 is 19.7 Å². The Balaban J connectivity index is 1.68. The highest BCUT2D eigenvalue weighted by Crippen LogP contribution is 2.40. The highest BCUT2D eigenvalue weighted by atomic mass is 35.5. The third kappa shape index (κ3) is 4.61. The predicted octanol–water partition coefficient (Wildman–Crippen LogP) is 2.40. The van der Waals surface area contributed by atoms with E-state index in [0.29, 0.717) is 25.8 Å². The van der Waals surface area contributed by atoms with Crippen molar-refractivity contribution in [1.29, 1.82) is 5.26 Å². The van der Waals surface area contributed by atoms with Gasteiger partial charge in [-0.2, -0.15) is 5.26 Å². The Morgan fingerprint density at radius 2 is 2.25 bits per heavy atom. The van der Waals surface area contributed by atoms with Gasteiger partial charge in [-0.25, -0.2) is 14.6 Å². The van der Waals surface area contributed by atoms with Gasteiger partial charge in [0.15, 0.2) is 5.69 Å². The molecule has 4 rings (SSSR count). The van der Waals surface area contributed by atoms with Gasteiger partial charge in [-0.15, -0.1) is 16.4 Å². The first-order valence-electron chi connectivity index (χ1n) is 9.17. The van der Waals surface area contributed by atoms with E-state index in [2.05, 4.69) is 20.3 Å². The van der Waals surface area contributed by atoms with Crippen molar-refractivity contribution in [2.24, 2.45) is 0 Å². The number of nitrogens with zero attached hydrogens (tertiary/aromatic N) is 6. The number of thioether (sulfide) groups is 1. The lowest BCUT2D eigenvalue weighted by Crippen LogP contribution is -2.55. The number of pyridine rings is 1. The monoisotopic (exact) mass is 514 g/mol. The smallest absolute Gasteiger partial charge is 0.154 e. The number of rotatable bonds is 6. The summed E-state index contributed by atoms with van der Waals surface area (Å²) in [7, 11) is 1.47. The van der Waals surface area contributed by atoms with E-state index in [1.165, 1.54) is 29.3 Å². The number of hydrogen-bond acceptors (Lipinski definition) is 11. The fourth-order valence-corrected chi connectivity index (χ4v) is 5.70. The number of nitriles is 1. The molecule has 0 aliphatic carbocycles. The third-order valence-corrected chi connectivity index (χ3v) is 7.35. The maximum Gasteiger partial charge on any atom is 0.154 e. The molecule has 5 atom stereocenters. The van der Waals surface area contributed by atoms with Gasteiger partial charge < -0.3 is 19.7 Å². The zero-order valence-electron chi connectivity index (χ0n) is 16.4. The summed E-state index contributed by atoms with van der Waals surface area (Å²) in [5, 5.41) is 41.3. The topological polar surface area (TPSA) is 139 Å². The zero-order valence-corrected chi connectivity index (χ0v) is 19.5. The van der Waals surface area contributed by atoms with Crippen molar-refractivity contribution in [3.05, 3.63) is 39.7 Å².